The Morgan fingerprint density at radius 1 is 1.27 bits per heavy atom. The Kier molecular flexibility index (Phi) is 4.37. The topological polar surface area (TPSA) is 96.3 Å². The number of primary amides is 1. The van der Waals surface area contributed by atoms with E-state index < -0.39 is 17.0 Å². The summed E-state index contributed by atoms with van der Waals surface area (Å²) >= 11 is 6.02. The monoisotopic (exact) mass is 323 g/mol. The van der Waals surface area contributed by atoms with Crippen molar-refractivity contribution < 1.29 is 9.53 Å². The number of amides is 1. The minimum Gasteiger partial charge on any atom is -0.495 e. The van der Waals surface area contributed by atoms with E-state index in [4.69, 9.17) is 22.1 Å². The van der Waals surface area contributed by atoms with E-state index >= 15 is 0 Å². The Labute approximate surface area is 130 Å². The van der Waals surface area contributed by atoms with Crippen LogP contribution >= 0.6 is 11.6 Å². The lowest BCUT2D eigenvalue weighted by Crippen LogP contribution is -2.41. The standard InChI is InChI=1S/C14H14ClN3O4/c1-8-5-10(11(22-2)6-9(8)15)18-4-3-17(7-12(16)19)13(20)14(18)21/h3-6H,7H2,1-2H3,(H2,16,19). The Morgan fingerprint density at radius 3 is 2.55 bits per heavy atom. The predicted octanol–water partition coefficient (Wildman–Crippen LogP) is 0.455. The Morgan fingerprint density at radius 2 is 1.95 bits per heavy atom. The van der Waals surface area contributed by atoms with Gasteiger partial charge in [0.1, 0.15) is 12.3 Å². The Bertz CT molecular complexity index is 854. The summed E-state index contributed by atoms with van der Waals surface area (Å²) in [6, 6.07) is 3.20. The molecular formula is C14H14ClN3O4. The fourth-order valence-corrected chi connectivity index (χ4v) is 2.14. The van der Waals surface area contributed by atoms with Gasteiger partial charge in [-0.3, -0.25) is 23.5 Å². The van der Waals surface area contributed by atoms with Crippen LogP contribution in [0.1, 0.15) is 5.56 Å². The molecule has 1 heterocycles. The van der Waals surface area contributed by atoms with Crippen LogP contribution in [0.25, 0.3) is 5.69 Å². The summed E-state index contributed by atoms with van der Waals surface area (Å²) in [4.78, 5) is 35.1. The van der Waals surface area contributed by atoms with Gasteiger partial charge in [-0.25, -0.2) is 0 Å². The van der Waals surface area contributed by atoms with Crippen molar-refractivity contribution in [3.63, 3.8) is 0 Å². The smallest absolute Gasteiger partial charge is 0.321 e. The zero-order valence-corrected chi connectivity index (χ0v) is 12.8. The van der Waals surface area contributed by atoms with Gasteiger partial charge in [0, 0.05) is 23.5 Å². The fraction of sp³-hybridized carbons (Fsp3) is 0.214. The van der Waals surface area contributed by atoms with Crippen LogP contribution in [0.4, 0.5) is 0 Å². The molecule has 0 atom stereocenters. The molecule has 1 aromatic carbocycles. The number of ether oxygens (including phenoxy) is 1. The maximum absolute atomic E-state index is 12.2. The number of carbonyl (C=O) groups excluding carboxylic acids is 1. The molecule has 0 unspecified atom stereocenters. The molecule has 2 N–H and O–H groups in total. The zero-order chi connectivity index (χ0) is 16.4. The summed E-state index contributed by atoms with van der Waals surface area (Å²) in [6.07, 6.45) is 2.69. The first kappa shape index (κ1) is 15.8. The van der Waals surface area contributed by atoms with E-state index in [1.54, 1.807) is 19.1 Å². The molecule has 0 aliphatic carbocycles. The molecule has 22 heavy (non-hydrogen) atoms. The number of aryl methyl sites for hydroxylation is 1. The van der Waals surface area contributed by atoms with Gasteiger partial charge >= 0.3 is 11.1 Å². The van der Waals surface area contributed by atoms with Crippen molar-refractivity contribution in [2.45, 2.75) is 13.5 Å². The summed E-state index contributed by atoms with van der Waals surface area (Å²) < 4.78 is 7.29. The third-order valence-corrected chi connectivity index (χ3v) is 3.51. The van der Waals surface area contributed by atoms with Gasteiger partial charge < -0.3 is 10.5 Å². The number of rotatable bonds is 4. The lowest BCUT2D eigenvalue weighted by atomic mass is 10.2. The summed E-state index contributed by atoms with van der Waals surface area (Å²) in [5, 5.41) is 0.482. The van der Waals surface area contributed by atoms with Crippen molar-refractivity contribution in [2.75, 3.05) is 7.11 Å². The molecular weight excluding hydrogens is 310 g/mol. The summed E-state index contributed by atoms with van der Waals surface area (Å²) in [5.74, 6) is -0.357. The minimum absolute atomic E-state index is 0.352. The quantitative estimate of drug-likeness (QED) is 0.826. The predicted molar refractivity (Wildman–Crippen MR) is 81.8 cm³/mol. The number of benzene rings is 1. The average molecular weight is 324 g/mol. The second kappa shape index (κ2) is 6.07. The molecule has 116 valence electrons. The van der Waals surface area contributed by atoms with Crippen LogP contribution in [-0.2, 0) is 11.3 Å². The second-order valence-corrected chi connectivity index (χ2v) is 5.05. The highest BCUT2D eigenvalue weighted by molar-refractivity contribution is 6.31. The van der Waals surface area contributed by atoms with Crippen LogP contribution in [0.3, 0.4) is 0 Å². The number of methoxy groups -OCH3 is 1. The van der Waals surface area contributed by atoms with E-state index in [-0.39, 0.29) is 6.54 Å². The van der Waals surface area contributed by atoms with Crippen molar-refractivity contribution >= 4 is 17.5 Å². The van der Waals surface area contributed by atoms with Gasteiger partial charge in [-0.2, -0.15) is 0 Å². The number of hydrogen-bond donors (Lipinski definition) is 1. The molecule has 0 bridgehead atoms. The molecule has 8 heteroatoms. The van der Waals surface area contributed by atoms with Crippen LogP contribution in [0.5, 0.6) is 5.75 Å². The number of hydrogen-bond acceptors (Lipinski definition) is 4. The van der Waals surface area contributed by atoms with Crippen molar-refractivity contribution in [3.05, 3.63) is 55.8 Å². The number of aromatic nitrogens is 2. The number of halogens is 1. The Hall–Kier alpha value is -2.54. The van der Waals surface area contributed by atoms with Gasteiger partial charge in [-0.05, 0) is 18.6 Å². The first-order chi connectivity index (χ1) is 10.3. The van der Waals surface area contributed by atoms with Gasteiger partial charge in [-0.15, -0.1) is 0 Å². The Balaban J connectivity index is 2.67. The maximum Gasteiger partial charge on any atom is 0.321 e. The summed E-state index contributed by atoms with van der Waals surface area (Å²) in [7, 11) is 1.43. The van der Waals surface area contributed by atoms with Crippen LogP contribution in [-0.4, -0.2) is 22.2 Å². The molecule has 2 aromatic rings. The lowest BCUT2D eigenvalue weighted by Gasteiger charge is -2.13. The van der Waals surface area contributed by atoms with Gasteiger partial charge in [0.05, 0.1) is 12.8 Å². The first-order valence-electron chi connectivity index (χ1n) is 6.30. The minimum atomic E-state index is -0.851. The molecule has 1 amide bonds. The molecule has 2 rings (SSSR count). The van der Waals surface area contributed by atoms with E-state index in [0.717, 1.165) is 14.7 Å². The highest BCUT2D eigenvalue weighted by atomic mass is 35.5. The lowest BCUT2D eigenvalue weighted by molar-refractivity contribution is -0.118. The van der Waals surface area contributed by atoms with Gasteiger partial charge in [0.15, 0.2) is 0 Å². The third kappa shape index (κ3) is 2.89. The molecule has 0 aliphatic rings. The van der Waals surface area contributed by atoms with Crippen LogP contribution < -0.4 is 21.6 Å². The largest absolute Gasteiger partial charge is 0.495 e. The van der Waals surface area contributed by atoms with Crippen molar-refractivity contribution in [2.24, 2.45) is 5.73 Å². The summed E-state index contributed by atoms with van der Waals surface area (Å²) in [6.45, 7) is 1.41. The molecule has 0 saturated carbocycles. The normalized spacial score (nSPS) is 10.5. The molecule has 0 spiro atoms. The molecule has 0 aliphatic heterocycles. The molecule has 7 nitrogen and oxygen atoms in total. The average Bonchev–Trinajstić information content (AvgIpc) is 2.46. The fourth-order valence-electron chi connectivity index (χ4n) is 1.99. The summed E-state index contributed by atoms with van der Waals surface area (Å²) in [5.41, 5.74) is 4.48. The zero-order valence-electron chi connectivity index (χ0n) is 12.0. The molecule has 0 fully saturated rings. The van der Waals surface area contributed by atoms with E-state index in [1.165, 1.54) is 19.5 Å². The molecule has 0 radical (unpaired) electrons. The van der Waals surface area contributed by atoms with Crippen molar-refractivity contribution in [1.29, 1.82) is 0 Å². The van der Waals surface area contributed by atoms with Crippen molar-refractivity contribution in [1.82, 2.24) is 9.13 Å². The SMILES string of the molecule is COc1cc(Cl)c(C)cc1-n1ccn(CC(N)=O)c(=O)c1=O. The van der Waals surface area contributed by atoms with E-state index in [2.05, 4.69) is 0 Å². The second-order valence-electron chi connectivity index (χ2n) is 4.65. The highest BCUT2D eigenvalue weighted by Crippen LogP contribution is 2.28. The van der Waals surface area contributed by atoms with Gasteiger partial charge in [0.25, 0.3) is 0 Å². The maximum atomic E-state index is 12.2. The number of nitrogens with zero attached hydrogens (tertiary/aromatic N) is 2. The van der Waals surface area contributed by atoms with Crippen LogP contribution in [0.2, 0.25) is 5.02 Å². The van der Waals surface area contributed by atoms with E-state index in [1.807, 2.05) is 0 Å². The highest BCUT2D eigenvalue weighted by Gasteiger charge is 2.13. The van der Waals surface area contributed by atoms with E-state index in [0.29, 0.717) is 16.5 Å². The number of carbonyl (C=O) groups is 1. The third-order valence-electron chi connectivity index (χ3n) is 3.10. The van der Waals surface area contributed by atoms with Gasteiger partial charge in [0.2, 0.25) is 5.91 Å². The first-order valence-corrected chi connectivity index (χ1v) is 6.68. The van der Waals surface area contributed by atoms with Crippen LogP contribution in [0.15, 0.2) is 34.1 Å². The van der Waals surface area contributed by atoms with Gasteiger partial charge in [-0.1, -0.05) is 11.6 Å². The van der Waals surface area contributed by atoms with E-state index in [9.17, 15) is 14.4 Å². The van der Waals surface area contributed by atoms with Crippen LogP contribution in [0, 0.1) is 6.92 Å². The molecule has 0 saturated heterocycles. The number of nitrogens with two attached hydrogens (primary N) is 1. The molecule has 1 aromatic heterocycles. The van der Waals surface area contributed by atoms with Crippen molar-refractivity contribution in [3.8, 4) is 11.4 Å².